The van der Waals surface area contributed by atoms with E-state index in [2.05, 4.69) is 5.32 Å². The van der Waals surface area contributed by atoms with E-state index in [9.17, 15) is 14.7 Å². The van der Waals surface area contributed by atoms with Crippen LogP contribution in [0.4, 0.5) is 4.79 Å². The maximum atomic E-state index is 12.5. The van der Waals surface area contributed by atoms with Gasteiger partial charge in [0.25, 0.3) is 0 Å². The Morgan fingerprint density at radius 1 is 1.36 bits per heavy atom. The topological polar surface area (TPSA) is 88.1 Å². The molecule has 0 aromatic heterocycles. The van der Waals surface area contributed by atoms with Crippen LogP contribution < -0.4 is 5.32 Å². The van der Waals surface area contributed by atoms with E-state index in [1.54, 1.807) is 39.0 Å². The predicted molar refractivity (Wildman–Crippen MR) is 107 cm³/mol. The number of nitrogens with one attached hydrogen (secondary N) is 1. The minimum atomic E-state index is -1.60. The number of amides is 2. The third-order valence-electron chi connectivity index (χ3n) is 4.14. The van der Waals surface area contributed by atoms with Gasteiger partial charge in [0, 0.05) is 13.5 Å². The maximum Gasteiger partial charge on any atom is 0.410 e. The van der Waals surface area contributed by atoms with Crippen molar-refractivity contribution >= 4 is 35.2 Å². The van der Waals surface area contributed by atoms with Gasteiger partial charge in [-0.2, -0.15) is 0 Å². The van der Waals surface area contributed by atoms with Gasteiger partial charge in [0.15, 0.2) is 0 Å². The van der Waals surface area contributed by atoms with E-state index < -0.39 is 23.4 Å². The van der Waals surface area contributed by atoms with Gasteiger partial charge >= 0.3 is 6.09 Å². The highest BCUT2D eigenvalue weighted by atomic mass is 35.5. The summed E-state index contributed by atoms with van der Waals surface area (Å²) in [6.07, 6.45) is -1.39. The van der Waals surface area contributed by atoms with Crippen molar-refractivity contribution in [1.82, 2.24) is 10.2 Å². The van der Waals surface area contributed by atoms with Crippen molar-refractivity contribution in [3.63, 3.8) is 0 Å². The Kier molecular flexibility index (Phi) is 7.20. The summed E-state index contributed by atoms with van der Waals surface area (Å²) in [6.45, 7) is 6.84. The summed E-state index contributed by atoms with van der Waals surface area (Å²) in [5, 5.41) is 14.7. The third kappa shape index (κ3) is 5.98. The Morgan fingerprint density at radius 2 is 2.04 bits per heavy atom. The summed E-state index contributed by atoms with van der Waals surface area (Å²) in [4.78, 5) is 25.4. The molecule has 28 heavy (non-hydrogen) atoms. The molecule has 1 fully saturated rings. The van der Waals surface area contributed by atoms with Crippen molar-refractivity contribution < 1.29 is 24.2 Å². The number of carbonyl (C=O) groups is 2. The van der Waals surface area contributed by atoms with Gasteiger partial charge in [0.1, 0.15) is 17.3 Å². The van der Waals surface area contributed by atoms with Crippen LogP contribution in [0.5, 0.6) is 0 Å². The van der Waals surface area contributed by atoms with Crippen LogP contribution in [0.2, 0.25) is 10.0 Å². The van der Waals surface area contributed by atoms with E-state index in [1.807, 2.05) is 0 Å². The zero-order valence-corrected chi connectivity index (χ0v) is 17.9. The van der Waals surface area contributed by atoms with Gasteiger partial charge in [-0.05, 0) is 38.5 Å². The minimum absolute atomic E-state index is 0.0902. The normalized spacial score (nSPS) is 23.1. The van der Waals surface area contributed by atoms with Gasteiger partial charge in [-0.3, -0.25) is 4.79 Å². The Labute approximate surface area is 174 Å². The number of aliphatic hydroxyl groups is 1. The molecule has 1 heterocycles. The Bertz CT molecular complexity index is 738. The summed E-state index contributed by atoms with van der Waals surface area (Å²) in [5.41, 5.74) is -1.69. The molecule has 1 aromatic carbocycles. The number of nitrogens with zero attached hydrogens (tertiary/aromatic N) is 1. The summed E-state index contributed by atoms with van der Waals surface area (Å²) >= 11 is 12.1. The lowest BCUT2D eigenvalue weighted by Crippen LogP contribution is -2.54. The molecular weight excluding hydrogens is 407 g/mol. The van der Waals surface area contributed by atoms with E-state index in [-0.39, 0.29) is 32.1 Å². The van der Waals surface area contributed by atoms with Gasteiger partial charge in [-0.15, -0.1) is 0 Å². The largest absolute Gasteiger partial charge is 0.444 e. The van der Waals surface area contributed by atoms with Gasteiger partial charge in [-0.25, -0.2) is 4.79 Å². The molecule has 7 nitrogen and oxygen atoms in total. The molecule has 156 valence electrons. The fraction of sp³-hybridized carbons (Fsp3) is 0.579. The van der Waals surface area contributed by atoms with Crippen molar-refractivity contribution in [2.45, 2.75) is 45.0 Å². The lowest BCUT2D eigenvalue weighted by Gasteiger charge is -2.37. The van der Waals surface area contributed by atoms with E-state index in [1.165, 1.54) is 11.8 Å². The molecule has 2 rings (SSSR count). The third-order valence-corrected chi connectivity index (χ3v) is 4.88. The first-order valence-corrected chi connectivity index (χ1v) is 9.68. The average molecular weight is 433 g/mol. The fourth-order valence-corrected chi connectivity index (χ4v) is 3.23. The number of benzene rings is 1. The fourth-order valence-electron chi connectivity index (χ4n) is 2.92. The van der Waals surface area contributed by atoms with Crippen LogP contribution in [-0.4, -0.2) is 59.5 Å². The van der Waals surface area contributed by atoms with Crippen LogP contribution in [0.15, 0.2) is 18.2 Å². The van der Waals surface area contributed by atoms with Gasteiger partial charge in [0.05, 0.1) is 29.7 Å². The summed E-state index contributed by atoms with van der Waals surface area (Å²) in [5.74, 6) is -0.311. The molecule has 1 saturated heterocycles. The molecule has 2 N–H and O–H groups in total. The number of hydrogen-bond acceptors (Lipinski definition) is 5. The number of halogens is 2. The molecule has 0 bridgehead atoms. The Hall–Kier alpha value is -1.54. The van der Waals surface area contributed by atoms with Crippen LogP contribution in [-0.2, 0) is 14.3 Å². The monoisotopic (exact) mass is 432 g/mol. The first-order chi connectivity index (χ1) is 12.9. The molecule has 1 aromatic rings. The summed E-state index contributed by atoms with van der Waals surface area (Å²) in [7, 11) is 0. The summed E-state index contributed by atoms with van der Waals surface area (Å²) in [6, 6.07) is 4.91. The van der Waals surface area contributed by atoms with Crippen molar-refractivity contribution in [3.8, 4) is 0 Å². The van der Waals surface area contributed by atoms with Crippen LogP contribution >= 0.6 is 23.2 Å². The lowest BCUT2D eigenvalue weighted by atomic mass is 9.90. The molecule has 1 aliphatic rings. The van der Waals surface area contributed by atoms with E-state index >= 15 is 0 Å². The molecule has 9 heteroatoms. The summed E-state index contributed by atoms with van der Waals surface area (Å²) < 4.78 is 11.3. The van der Waals surface area contributed by atoms with Crippen LogP contribution in [0, 0.1) is 0 Å². The SMILES string of the molecule is CC(=O)NCC1(O)CN(C(=O)OC(C)(C)C)CCOC1c1ccc(Cl)c(Cl)c1. The minimum Gasteiger partial charge on any atom is -0.444 e. The second-order valence-electron chi connectivity index (χ2n) is 7.84. The lowest BCUT2D eigenvalue weighted by molar-refractivity contribution is -0.124. The second kappa shape index (κ2) is 8.86. The van der Waals surface area contributed by atoms with Crippen molar-refractivity contribution in [3.05, 3.63) is 33.8 Å². The number of ether oxygens (including phenoxy) is 2. The quantitative estimate of drug-likeness (QED) is 0.765. The highest BCUT2D eigenvalue weighted by Gasteiger charge is 2.44. The number of hydrogen-bond donors (Lipinski definition) is 2. The van der Waals surface area contributed by atoms with Crippen molar-refractivity contribution in [2.75, 3.05) is 26.2 Å². The zero-order chi connectivity index (χ0) is 21.1. The van der Waals surface area contributed by atoms with Crippen LogP contribution in [0.25, 0.3) is 0 Å². The van der Waals surface area contributed by atoms with Gasteiger partial charge in [-0.1, -0.05) is 29.3 Å². The highest BCUT2D eigenvalue weighted by molar-refractivity contribution is 6.42. The number of β-amino-alcohol motifs (C(OH)–C–C–N with tert-alkyl or cyclic N) is 1. The molecule has 0 spiro atoms. The first kappa shape index (κ1) is 22.7. The molecule has 0 saturated carbocycles. The predicted octanol–water partition coefficient (Wildman–Crippen LogP) is 3.17. The van der Waals surface area contributed by atoms with Gasteiger partial charge < -0.3 is 24.8 Å². The standard InChI is InChI=1S/C19H26Cl2N2O5/c1-12(24)22-10-19(26)11-23(17(25)28-18(2,3)4)7-8-27-16(19)13-5-6-14(20)15(21)9-13/h5-6,9,16,26H,7-8,10-11H2,1-4H3,(H,22,24). The van der Waals surface area contributed by atoms with E-state index in [4.69, 9.17) is 32.7 Å². The van der Waals surface area contributed by atoms with Crippen molar-refractivity contribution in [1.29, 1.82) is 0 Å². The molecular formula is C19H26Cl2N2O5. The van der Waals surface area contributed by atoms with E-state index in [0.29, 0.717) is 15.6 Å². The highest BCUT2D eigenvalue weighted by Crippen LogP contribution is 2.35. The molecule has 2 unspecified atom stereocenters. The van der Waals surface area contributed by atoms with Crippen molar-refractivity contribution in [2.24, 2.45) is 0 Å². The smallest absolute Gasteiger partial charge is 0.410 e. The van der Waals surface area contributed by atoms with Crippen LogP contribution in [0.1, 0.15) is 39.4 Å². The zero-order valence-electron chi connectivity index (χ0n) is 16.4. The second-order valence-corrected chi connectivity index (χ2v) is 8.65. The average Bonchev–Trinajstić information content (AvgIpc) is 2.74. The van der Waals surface area contributed by atoms with Crippen LogP contribution in [0.3, 0.4) is 0 Å². The Morgan fingerprint density at radius 3 is 2.61 bits per heavy atom. The molecule has 0 aliphatic carbocycles. The molecule has 2 atom stereocenters. The maximum absolute atomic E-state index is 12.5. The molecule has 0 radical (unpaired) electrons. The Balaban J connectivity index is 2.34. The van der Waals surface area contributed by atoms with Gasteiger partial charge in [0.2, 0.25) is 5.91 Å². The molecule has 2 amide bonds. The first-order valence-electron chi connectivity index (χ1n) is 8.92. The molecule has 1 aliphatic heterocycles. The number of rotatable bonds is 3. The van der Waals surface area contributed by atoms with E-state index in [0.717, 1.165) is 0 Å². The number of carbonyl (C=O) groups excluding carboxylic acids is 2.